The second kappa shape index (κ2) is 7.50. The maximum Gasteiger partial charge on any atom is 0.417 e. The average Bonchev–Trinajstić information content (AvgIpc) is 3.27. The van der Waals surface area contributed by atoms with Gasteiger partial charge >= 0.3 is 6.18 Å². The summed E-state index contributed by atoms with van der Waals surface area (Å²) in [6.45, 7) is 4.36. The minimum absolute atomic E-state index is 0.241. The predicted molar refractivity (Wildman–Crippen MR) is 126 cm³/mol. The van der Waals surface area contributed by atoms with E-state index in [9.17, 15) is 18.4 Å². The van der Waals surface area contributed by atoms with Crippen molar-refractivity contribution in [1.82, 2.24) is 0 Å². The van der Waals surface area contributed by atoms with Crippen LogP contribution in [0.25, 0.3) is 11.1 Å². The number of hydrogen-bond donors (Lipinski definition) is 0. The fourth-order valence-corrected chi connectivity index (χ4v) is 5.64. The van der Waals surface area contributed by atoms with Crippen molar-refractivity contribution in [3.8, 4) is 17.2 Å². The summed E-state index contributed by atoms with van der Waals surface area (Å²) in [6.07, 6.45) is -4.61. The largest absolute Gasteiger partial charge is 0.417 e. The fourth-order valence-electron chi connectivity index (χ4n) is 4.70. The lowest BCUT2D eigenvalue weighted by Crippen LogP contribution is -2.30. The molecule has 0 fully saturated rings. The summed E-state index contributed by atoms with van der Waals surface area (Å²) in [6, 6.07) is 23.7. The van der Waals surface area contributed by atoms with Gasteiger partial charge in [-0.2, -0.15) is 18.4 Å². The normalized spacial score (nSPS) is 14.4. The van der Waals surface area contributed by atoms with E-state index in [-0.39, 0.29) is 16.5 Å². The smallest absolute Gasteiger partial charge is 0.301 e. The van der Waals surface area contributed by atoms with Crippen molar-refractivity contribution in [3.63, 3.8) is 0 Å². The standard InChI is InChI=1S/C27H19F3N2S/c1-26(2)21-9-3-5-12-23(21)32(24-13-6-4-10-22(24)26)25-18(14-15-33-25)17-8-7-11-20(19(17)16-31)27(28,29)30/h3-15H,1-2H3. The van der Waals surface area contributed by atoms with Crippen molar-refractivity contribution in [2.24, 2.45) is 0 Å². The van der Waals surface area contributed by atoms with E-state index in [1.54, 1.807) is 18.2 Å². The van der Waals surface area contributed by atoms with Crippen molar-refractivity contribution >= 4 is 27.7 Å². The molecule has 164 valence electrons. The topological polar surface area (TPSA) is 27.0 Å². The molecule has 4 aromatic rings. The van der Waals surface area contributed by atoms with Crippen molar-refractivity contribution in [3.05, 3.63) is 100 Å². The van der Waals surface area contributed by atoms with E-state index in [1.807, 2.05) is 41.8 Å². The number of benzene rings is 3. The third kappa shape index (κ3) is 3.23. The number of hydrogen-bond acceptors (Lipinski definition) is 3. The lowest BCUT2D eigenvalue weighted by Gasteiger charge is -2.41. The number of halogens is 3. The van der Waals surface area contributed by atoms with E-state index >= 15 is 0 Å². The molecule has 33 heavy (non-hydrogen) atoms. The zero-order valence-corrected chi connectivity index (χ0v) is 18.8. The van der Waals surface area contributed by atoms with Crippen molar-refractivity contribution < 1.29 is 13.2 Å². The predicted octanol–water partition coefficient (Wildman–Crippen LogP) is 8.41. The average molecular weight is 461 g/mol. The van der Waals surface area contributed by atoms with Gasteiger partial charge in [0.2, 0.25) is 0 Å². The summed E-state index contributed by atoms with van der Waals surface area (Å²) >= 11 is 1.45. The molecule has 5 rings (SSSR count). The highest BCUT2D eigenvalue weighted by atomic mass is 32.1. The van der Waals surface area contributed by atoms with Gasteiger partial charge in [-0.1, -0.05) is 62.4 Å². The van der Waals surface area contributed by atoms with Gasteiger partial charge in [-0.15, -0.1) is 11.3 Å². The molecule has 6 heteroatoms. The molecule has 1 aliphatic rings. The van der Waals surface area contributed by atoms with Crippen LogP contribution in [0.4, 0.5) is 29.5 Å². The third-order valence-corrected chi connectivity index (χ3v) is 7.15. The van der Waals surface area contributed by atoms with Gasteiger partial charge in [-0.25, -0.2) is 0 Å². The van der Waals surface area contributed by atoms with Gasteiger partial charge in [0.25, 0.3) is 0 Å². The van der Waals surface area contributed by atoms with Gasteiger partial charge in [0, 0.05) is 16.5 Å². The molecule has 3 aromatic carbocycles. The van der Waals surface area contributed by atoms with Crippen LogP contribution in [0.3, 0.4) is 0 Å². The molecule has 0 N–H and O–H groups in total. The van der Waals surface area contributed by atoms with Gasteiger partial charge < -0.3 is 4.90 Å². The van der Waals surface area contributed by atoms with Crippen LogP contribution >= 0.6 is 11.3 Å². The summed E-state index contributed by atoms with van der Waals surface area (Å²) in [5, 5.41) is 12.3. The molecule has 1 aromatic heterocycles. The maximum absolute atomic E-state index is 13.6. The summed E-state index contributed by atoms with van der Waals surface area (Å²) in [5.41, 5.74) is 3.60. The Morgan fingerprint density at radius 1 is 0.818 bits per heavy atom. The van der Waals surface area contributed by atoms with Crippen LogP contribution in [0, 0.1) is 11.3 Å². The number of alkyl halides is 3. The minimum atomic E-state index is -4.61. The van der Waals surface area contributed by atoms with Crippen molar-refractivity contribution in [1.29, 1.82) is 5.26 Å². The van der Waals surface area contributed by atoms with Crippen LogP contribution in [0.2, 0.25) is 0 Å². The first-order valence-electron chi connectivity index (χ1n) is 10.4. The van der Waals surface area contributed by atoms with Gasteiger partial charge in [-0.3, -0.25) is 0 Å². The van der Waals surface area contributed by atoms with Gasteiger partial charge in [0.1, 0.15) is 11.1 Å². The van der Waals surface area contributed by atoms with E-state index in [0.717, 1.165) is 33.6 Å². The molecule has 0 saturated carbocycles. The highest BCUT2D eigenvalue weighted by Crippen LogP contribution is 2.55. The molecule has 0 spiro atoms. The Morgan fingerprint density at radius 3 is 2.00 bits per heavy atom. The first-order valence-corrected chi connectivity index (χ1v) is 11.3. The van der Waals surface area contributed by atoms with E-state index in [0.29, 0.717) is 5.56 Å². The number of nitriles is 1. The molecular formula is C27H19F3N2S. The third-order valence-electron chi connectivity index (χ3n) is 6.26. The second-order valence-electron chi connectivity index (χ2n) is 8.47. The van der Waals surface area contributed by atoms with Crippen LogP contribution in [0.15, 0.2) is 78.2 Å². The monoisotopic (exact) mass is 460 g/mol. The molecule has 0 aliphatic carbocycles. The SMILES string of the molecule is CC1(C)c2ccccc2N(c2sccc2-c2cccc(C(F)(F)F)c2C#N)c2ccccc21. The lowest BCUT2D eigenvalue weighted by molar-refractivity contribution is -0.137. The Bertz CT molecular complexity index is 1360. The Hall–Kier alpha value is -3.56. The Morgan fingerprint density at radius 2 is 1.42 bits per heavy atom. The summed E-state index contributed by atoms with van der Waals surface area (Å²) < 4.78 is 40.9. The van der Waals surface area contributed by atoms with E-state index < -0.39 is 11.7 Å². The highest BCUT2D eigenvalue weighted by molar-refractivity contribution is 7.15. The molecule has 0 saturated heterocycles. The molecule has 1 aliphatic heterocycles. The van der Waals surface area contributed by atoms with Crippen LogP contribution in [-0.2, 0) is 11.6 Å². The highest BCUT2D eigenvalue weighted by Gasteiger charge is 2.38. The molecule has 0 bridgehead atoms. The first kappa shape index (κ1) is 21.3. The molecule has 0 amide bonds. The Kier molecular flexibility index (Phi) is 4.84. The number of thiophene rings is 1. The molecule has 0 radical (unpaired) electrons. The van der Waals surface area contributed by atoms with Gasteiger partial charge in [-0.05, 0) is 40.8 Å². The zero-order valence-electron chi connectivity index (χ0n) is 17.9. The van der Waals surface area contributed by atoms with Crippen LogP contribution in [-0.4, -0.2) is 0 Å². The first-order chi connectivity index (χ1) is 15.7. The molecule has 0 unspecified atom stereocenters. The van der Waals surface area contributed by atoms with Gasteiger partial charge in [0.05, 0.1) is 22.5 Å². The van der Waals surface area contributed by atoms with Crippen LogP contribution < -0.4 is 4.90 Å². The quantitative estimate of drug-likeness (QED) is 0.300. The molecule has 2 nitrogen and oxygen atoms in total. The number of para-hydroxylation sites is 2. The molecule has 0 atom stereocenters. The van der Waals surface area contributed by atoms with Crippen molar-refractivity contribution in [2.45, 2.75) is 25.4 Å². The minimum Gasteiger partial charge on any atom is -0.301 e. The van der Waals surface area contributed by atoms with Gasteiger partial charge in [0.15, 0.2) is 0 Å². The molecular weight excluding hydrogens is 441 g/mol. The Balaban J connectivity index is 1.79. The number of fused-ring (bicyclic) bond motifs is 2. The van der Waals surface area contributed by atoms with Crippen molar-refractivity contribution in [2.75, 3.05) is 4.90 Å². The number of nitrogens with zero attached hydrogens (tertiary/aromatic N) is 2. The van der Waals surface area contributed by atoms with E-state index in [4.69, 9.17) is 0 Å². The second-order valence-corrected chi connectivity index (χ2v) is 9.37. The Labute approximate surface area is 194 Å². The lowest BCUT2D eigenvalue weighted by atomic mass is 9.73. The molecule has 2 heterocycles. The van der Waals surface area contributed by atoms with E-state index in [2.05, 4.69) is 30.9 Å². The fraction of sp³-hybridized carbons (Fsp3) is 0.148. The zero-order chi connectivity index (χ0) is 23.4. The summed E-state index contributed by atoms with van der Waals surface area (Å²) in [7, 11) is 0. The summed E-state index contributed by atoms with van der Waals surface area (Å²) in [4.78, 5) is 2.11. The summed E-state index contributed by atoms with van der Waals surface area (Å²) in [5.74, 6) is 0. The van der Waals surface area contributed by atoms with Crippen LogP contribution in [0.5, 0.6) is 0 Å². The number of rotatable bonds is 2. The maximum atomic E-state index is 13.6. The number of anilines is 3. The van der Waals surface area contributed by atoms with E-state index in [1.165, 1.54) is 17.4 Å². The van der Waals surface area contributed by atoms with Crippen LogP contribution in [0.1, 0.15) is 36.1 Å².